The fourth-order valence-corrected chi connectivity index (χ4v) is 5.05. The molecule has 7 heterocycles. The number of hydrogen-bond acceptors (Lipinski definition) is 13. The Kier molecular flexibility index (Phi) is 7.49. The molecule has 14 heteroatoms. The van der Waals surface area contributed by atoms with Crippen molar-refractivity contribution in [2.45, 2.75) is 0 Å². The predicted octanol–water partition coefficient (Wildman–Crippen LogP) is 3.77. The van der Waals surface area contributed by atoms with Gasteiger partial charge < -0.3 is 29.4 Å². The minimum atomic E-state index is 0.157. The van der Waals surface area contributed by atoms with Gasteiger partial charge in [0.25, 0.3) is 6.01 Å². The van der Waals surface area contributed by atoms with Crippen molar-refractivity contribution in [3.63, 3.8) is 0 Å². The van der Waals surface area contributed by atoms with Crippen LogP contribution in [0.25, 0.3) is 44.7 Å². The molecule has 2 fully saturated rings. The zero-order valence-electron chi connectivity index (χ0n) is 23.1. The lowest BCUT2D eigenvalue weighted by atomic mass is 10.1. The van der Waals surface area contributed by atoms with E-state index >= 15 is 0 Å². The highest BCUT2D eigenvalue weighted by Crippen LogP contribution is 2.26. The summed E-state index contributed by atoms with van der Waals surface area (Å²) in [6, 6.07) is 13.2. The number of pyridine rings is 2. The molecule has 2 aliphatic heterocycles. The Hall–Kier alpha value is -4.72. The van der Waals surface area contributed by atoms with Crippen LogP contribution in [-0.4, -0.2) is 87.5 Å². The van der Waals surface area contributed by atoms with Crippen LogP contribution in [0, 0.1) is 0 Å². The molecule has 2 saturated heterocycles. The number of hydrogen-bond donors (Lipinski definition) is 1. The number of anilines is 3. The maximum absolute atomic E-state index is 5.84. The van der Waals surface area contributed by atoms with Crippen molar-refractivity contribution in [3.05, 3.63) is 60.0 Å². The van der Waals surface area contributed by atoms with Crippen molar-refractivity contribution in [3.8, 4) is 11.3 Å². The summed E-state index contributed by atoms with van der Waals surface area (Å²) in [7, 11) is 0. The average molecular weight is 599 g/mol. The normalized spacial score (nSPS) is 15.6. The second-order valence-electron chi connectivity index (χ2n) is 9.91. The standard InChI is InChI=1S/C18H16N6O2.C11H11ClN4O/c19-18-22-14-9-11(1-4-15(14)26-18)12-2-3-13-17(21-12)23-16(10-20-13)24-5-7-25-8-6-24;12-9-2-1-8-11(14-9)15-10(7-13-8)16-3-5-17-6-4-16/h1-4,9-10H,5-8H2,(H2,19,22);1-2,7H,3-6H2. The number of aromatic nitrogens is 7. The van der Waals surface area contributed by atoms with Crippen molar-refractivity contribution >= 4 is 62.7 Å². The number of oxazole rings is 1. The summed E-state index contributed by atoms with van der Waals surface area (Å²) < 4.78 is 16.0. The molecule has 0 unspecified atom stereocenters. The molecule has 0 spiro atoms. The van der Waals surface area contributed by atoms with Gasteiger partial charge in [-0.15, -0.1) is 0 Å². The van der Waals surface area contributed by atoms with Crippen molar-refractivity contribution in [1.29, 1.82) is 0 Å². The highest BCUT2D eigenvalue weighted by molar-refractivity contribution is 6.29. The lowest BCUT2D eigenvalue weighted by molar-refractivity contribution is 0.122. The second kappa shape index (κ2) is 11.9. The first-order valence-corrected chi connectivity index (χ1v) is 14.2. The van der Waals surface area contributed by atoms with Gasteiger partial charge in [0.05, 0.1) is 44.5 Å². The van der Waals surface area contributed by atoms with Gasteiger partial charge >= 0.3 is 0 Å². The Morgan fingerprint density at radius 1 is 0.651 bits per heavy atom. The van der Waals surface area contributed by atoms with Crippen LogP contribution in [0.5, 0.6) is 0 Å². The molecule has 0 amide bonds. The van der Waals surface area contributed by atoms with Gasteiger partial charge in [-0.25, -0.2) is 29.9 Å². The molecule has 43 heavy (non-hydrogen) atoms. The van der Waals surface area contributed by atoms with Crippen LogP contribution < -0.4 is 15.5 Å². The molecule has 13 nitrogen and oxygen atoms in total. The third-order valence-corrected chi connectivity index (χ3v) is 7.33. The summed E-state index contributed by atoms with van der Waals surface area (Å²) in [4.78, 5) is 35.3. The maximum atomic E-state index is 5.84. The first-order chi connectivity index (χ1) is 21.1. The van der Waals surface area contributed by atoms with Crippen molar-refractivity contribution in [2.24, 2.45) is 0 Å². The highest BCUT2D eigenvalue weighted by atomic mass is 35.5. The molecule has 8 rings (SSSR count). The van der Waals surface area contributed by atoms with Crippen LogP contribution in [0.3, 0.4) is 0 Å². The molecule has 2 N–H and O–H groups in total. The number of rotatable bonds is 3. The third kappa shape index (κ3) is 5.95. The van der Waals surface area contributed by atoms with Gasteiger partial charge in [0.1, 0.15) is 33.3 Å². The number of halogens is 1. The summed E-state index contributed by atoms with van der Waals surface area (Å²) in [6.07, 6.45) is 3.56. The van der Waals surface area contributed by atoms with Crippen molar-refractivity contribution in [1.82, 2.24) is 34.9 Å². The van der Waals surface area contributed by atoms with Gasteiger partial charge in [0, 0.05) is 31.7 Å². The summed E-state index contributed by atoms with van der Waals surface area (Å²) in [6.45, 7) is 6.14. The molecular formula is C29H27ClN10O3. The Morgan fingerprint density at radius 2 is 1.26 bits per heavy atom. The lowest BCUT2D eigenvalue weighted by Gasteiger charge is -2.27. The average Bonchev–Trinajstić information content (AvgIpc) is 3.44. The maximum Gasteiger partial charge on any atom is 0.292 e. The molecule has 6 aromatic rings. The van der Waals surface area contributed by atoms with E-state index in [9.17, 15) is 0 Å². The minimum Gasteiger partial charge on any atom is -0.424 e. The largest absolute Gasteiger partial charge is 0.424 e. The zero-order chi connectivity index (χ0) is 29.2. The number of ether oxygens (including phenoxy) is 2. The Morgan fingerprint density at radius 3 is 1.91 bits per heavy atom. The predicted molar refractivity (Wildman–Crippen MR) is 163 cm³/mol. The van der Waals surface area contributed by atoms with Gasteiger partial charge in [-0.2, -0.15) is 4.98 Å². The molecule has 1 aromatic carbocycles. The van der Waals surface area contributed by atoms with E-state index in [1.54, 1.807) is 18.5 Å². The quantitative estimate of drug-likeness (QED) is 0.294. The van der Waals surface area contributed by atoms with Gasteiger partial charge in [-0.3, -0.25) is 0 Å². The number of fused-ring (bicyclic) bond motifs is 3. The van der Waals surface area contributed by atoms with Crippen LogP contribution >= 0.6 is 11.6 Å². The molecule has 2 aliphatic rings. The van der Waals surface area contributed by atoms with E-state index in [0.29, 0.717) is 40.8 Å². The van der Waals surface area contributed by atoms with Crippen LogP contribution in [0.4, 0.5) is 17.7 Å². The molecule has 0 radical (unpaired) electrons. The van der Waals surface area contributed by atoms with Crippen LogP contribution in [0.15, 0.2) is 59.3 Å². The van der Waals surface area contributed by atoms with Crippen molar-refractivity contribution < 1.29 is 13.9 Å². The first kappa shape index (κ1) is 27.1. The Bertz CT molecular complexity index is 1910. The third-order valence-electron chi connectivity index (χ3n) is 7.12. The molecule has 5 aromatic heterocycles. The smallest absolute Gasteiger partial charge is 0.292 e. The molecule has 0 aliphatic carbocycles. The van der Waals surface area contributed by atoms with E-state index in [4.69, 9.17) is 41.2 Å². The Labute approximate surface area is 250 Å². The second-order valence-corrected chi connectivity index (χ2v) is 10.3. The molecular weight excluding hydrogens is 572 g/mol. The SMILES string of the molecule is Clc1ccc2ncc(N3CCOCC3)nc2n1.Nc1nc2cc(-c3ccc4ncc(N5CCOCC5)nc4n3)ccc2o1. The van der Waals surface area contributed by atoms with E-state index in [1.165, 1.54) is 0 Å². The van der Waals surface area contributed by atoms with Gasteiger partial charge in [0.15, 0.2) is 16.9 Å². The van der Waals surface area contributed by atoms with Crippen LogP contribution in [0.2, 0.25) is 5.15 Å². The summed E-state index contributed by atoms with van der Waals surface area (Å²) in [5.41, 5.74) is 11.4. The van der Waals surface area contributed by atoms with E-state index in [1.807, 2.05) is 36.4 Å². The van der Waals surface area contributed by atoms with E-state index < -0.39 is 0 Å². The fraction of sp³-hybridized carbons (Fsp3) is 0.276. The highest BCUT2D eigenvalue weighted by Gasteiger charge is 2.15. The van der Waals surface area contributed by atoms with Crippen LogP contribution in [-0.2, 0) is 9.47 Å². The summed E-state index contributed by atoms with van der Waals surface area (Å²) in [5.74, 6) is 1.65. The van der Waals surface area contributed by atoms with Crippen LogP contribution in [0.1, 0.15) is 0 Å². The molecule has 0 bridgehead atoms. The van der Waals surface area contributed by atoms with E-state index in [-0.39, 0.29) is 6.01 Å². The minimum absolute atomic E-state index is 0.157. The number of morpholine rings is 2. The number of nitrogens with two attached hydrogens (primary N) is 1. The fourth-order valence-electron chi connectivity index (χ4n) is 4.91. The van der Waals surface area contributed by atoms with E-state index in [0.717, 1.165) is 73.3 Å². The summed E-state index contributed by atoms with van der Waals surface area (Å²) >= 11 is 5.84. The van der Waals surface area contributed by atoms with E-state index in [2.05, 4.69) is 34.7 Å². The molecule has 0 atom stereocenters. The Balaban J connectivity index is 0.000000153. The number of benzene rings is 1. The van der Waals surface area contributed by atoms with Gasteiger partial charge in [-0.1, -0.05) is 11.6 Å². The first-order valence-electron chi connectivity index (χ1n) is 13.8. The number of nitrogens with zero attached hydrogens (tertiary/aromatic N) is 9. The summed E-state index contributed by atoms with van der Waals surface area (Å²) in [5, 5.41) is 0.436. The monoisotopic (exact) mass is 598 g/mol. The zero-order valence-corrected chi connectivity index (χ0v) is 23.8. The van der Waals surface area contributed by atoms with Gasteiger partial charge in [-0.05, 0) is 42.5 Å². The molecule has 0 saturated carbocycles. The number of nitrogen functional groups attached to an aromatic ring is 1. The van der Waals surface area contributed by atoms with Gasteiger partial charge in [0.2, 0.25) is 0 Å². The molecule has 218 valence electrons. The topological polar surface area (TPSA) is 154 Å². The van der Waals surface area contributed by atoms with Crippen molar-refractivity contribution in [2.75, 3.05) is 68.1 Å². The lowest BCUT2D eigenvalue weighted by Crippen LogP contribution is -2.36.